The van der Waals surface area contributed by atoms with Crippen molar-refractivity contribution in [3.8, 4) is 0 Å². The average Bonchev–Trinajstić information content (AvgIpc) is 3.69. The second-order valence-electron chi connectivity index (χ2n) is 14.1. The van der Waals surface area contributed by atoms with Gasteiger partial charge in [0.1, 0.15) is 12.1 Å². The van der Waals surface area contributed by atoms with E-state index in [0.29, 0.717) is 38.4 Å². The lowest BCUT2D eigenvalue weighted by molar-refractivity contribution is -0.131. The van der Waals surface area contributed by atoms with E-state index in [1.54, 1.807) is 30.5 Å². The number of hydrogen-bond acceptors (Lipinski definition) is 10. The Morgan fingerprint density at radius 2 is 1.58 bits per heavy atom. The number of ether oxygens (including phenoxy) is 2. The predicted molar refractivity (Wildman–Crippen MR) is 197 cm³/mol. The zero-order valence-electron chi connectivity index (χ0n) is 30.4. The third-order valence-corrected chi connectivity index (χ3v) is 11.8. The second-order valence-corrected chi connectivity index (χ2v) is 15.9. The first kappa shape index (κ1) is 40.7. The SMILES string of the molecule is O=C(C[C@H](O)[C@H](CC1CCCCC1)NC(=O)[C@H](Cc1cnc[nH]1)NC(=O)[C@H](Cc1ccccc1)NS(=O)(=O)N1CCOCC1)NCCN1CCOCC1. The molecule has 0 unspecified atom stereocenters. The van der Waals surface area contributed by atoms with E-state index in [4.69, 9.17) is 9.47 Å². The van der Waals surface area contributed by atoms with Gasteiger partial charge in [-0.2, -0.15) is 17.4 Å². The molecule has 17 heteroatoms. The third kappa shape index (κ3) is 13.4. The number of nitrogens with one attached hydrogen (secondary N) is 5. The number of carbonyl (C=O) groups excluding carboxylic acids is 3. The first-order valence-electron chi connectivity index (χ1n) is 18.9. The van der Waals surface area contributed by atoms with Crippen molar-refractivity contribution in [3.05, 3.63) is 54.1 Å². The highest BCUT2D eigenvalue weighted by molar-refractivity contribution is 7.87. The molecule has 0 bridgehead atoms. The molecule has 5 rings (SSSR count). The molecule has 3 amide bonds. The Kier molecular flexibility index (Phi) is 16.0. The summed E-state index contributed by atoms with van der Waals surface area (Å²) in [5, 5.41) is 20.1. The number of aromatic nitrogens is 2. The Hall–Kier alpha value is -3.45. The maximum absolute atomic E-state index is 14.2. The van der Waals surface area contributed by atoms with E-state index in [9.17, 15) is 27.9 Å². The zero-order chi connectivity index (χ0) is 37.5. The second kappa shape index (κ2) is 20.9. The predicted octanol–water partition coefficient (Wildman–Crippen LogP) is -0.130. The molecule has 3 heterocycles. The number of amides is 3. The van der Waals surface area contributed by atoms with Crippen LogP contribution in [0.3, 0.4) is 0 Å². The van der Waals surface area contributed by atoms with E-state index < -0.39 is 46.3 Å². The number of benzene rings is 1. The monoisotopic (exact) mass is 760 g/mol. The smallest absolute Gasteiger partial charge is 0.280 e. The Bertz CT molecular complexity index is 1510. The molecule has 53 heavy (non-hydrogen) atoms. The topological polar surface area (TPSA) is 207 Å². The van der Waals surface area contributed by atoms with Crippen molar-refractivity contribution in [2.24, 2.45) is 5.92 Å². The molecule has 3 fully saturated rings. The number of aliphatic hydroxyl groups is 1. The van der Waals surface area contributed by atoms with Crippen LogP contribution in [0.5, 0.6) is 0 Å². The van der Waals surface area contributed by atoms with E-state index in [-0.39, 0.29) is 57.4 Å². The lowest BCUT2D eigenvalue weighted by atomic mass is 9.83. The largest absolute Gasteiger partial charge is 0.390 e. The van der Waals surface area contributed by atoms with Gasteiger partial charge in [-0.1, -0.05) is 62.4 Å². The quantitative estimate of drug-likeness (QED) is 0.112. The van der Waals surface area contributed by atoms with Crippen molar-refractivity contribution in [1.29, 1.82) is 0 Å². The van der Waals surface area contributed by atoms with E-state index in [0.717, 1.165) is 50.8 Å². The minimum Gasteiger partial charge on any atom is -0.390 e. The molecule has 0 radical (unpaired) electrons. The summed E-state index contributed by atoms with van der Waals surface area (Å²) in [4.78, 5) is 50.4. The fraction of sp³-hybridized carbons (Fsp3) is 0.667. The maximum Gasteiger partial charge on any atom is 0.280 e. The van der Waals surface area contributed by atoms with Gasteiger partial charge in [0.25, 0.3) is 10.2 Å². The van der Waals surface area contributed by atoms with Crippen molar-refractivity contribution in [2.75, 3.05) is 65.7 Å². The Balaban J connectivity index is 1.29. The molecule has 6 N–H and O–H groups in total. The molecule has 1 aromatic carbocycles. The highest BCUT2D eigenvalue weighted by atomic mass is 32.2. The molecular formula is C36H56N8O8S. The summed E-state index contributed by atoms with van der Waals surface area (Å²) < 4.78 is 41.4. The first-order chi connectivity index (χ1) is 25.7. The summed E-state index contributed by atoms with van der Waals surface area (Å²) in [6.07, 6.45) is 7.38. The van der Waals surface area contributed by atoms with Gasteiger partial charge < -0.3 is 35.5 Å². The van der Waals surface area contributed by atoms with Gasteiger partial charge in [0, 0.05) is 57.6 Å². The van der Waals surface area contributed by atoms with Crippen molar-refractivity contribution in [2.45, 2.75) is 82.0 Å². The van der Waals surface area contributed by atoms with Crippen LogP contribution in [0.4, 0.5) is 0 Å². The summed E-state index contributed by atoms with van der Waals surface area (Å²) in [5.41, 5.74) is 1.30. The van der Waals surface area contributed by atoms with Gasteiger partial charge in [0.2, 0.25) is 17.7 Å². The van der Waals surface area contributed by atoms with Crippen LogP contribution in [-0.2, 0) is 46.9 Å². The number of carbonyl (C=O) groups is 3. The van der Waals surface area contributed by atoms with Crippen molar-refractivity contribution >= 4 is 27.9 Å². The molecule has 4 atom stereocenters. The van der Waals surface area contributed by atoms with Crippen molar-refractivity contribution in [1.82, 2.24) is 39.8 Å². The fourth-order valence-electron chi connectivity index (χ4n) is 7.14. The molecule has 16 nitrogen and oxygen atoms in total. The standard InChI is InChI=1S/C36H56N8O8S/c45-33(24-34(46)38-11-12-43-13-17-51-18-14-43)30(21-27-7-3-1-4-8-27)40-35(47)31(23-29-25-37-26-39-29)41-36(48)32(22-28-9-5-2-6-10-28)42-53(49,50)44-15-19-52-20-16-44/h2,5-6,9-10,25-27,30-33,42,45H,1,3-4,7-8,11-24H2,(H,37,39)(H,38,46)(H,40,47)(H,41,48)/t30-,31-,32-,33-/m0/s1. The summed E-state index contributed by atoms with van der Waals surface area (Å²) >= 11 is 0. The highest BCUT2D eigenvalue weighted by Crippen LogP contribution is 2.28. The number of rotatable bonds is 19. The molecular weight excluding hydrogens is 705 g/mol. The number of nitrogens with zero attached hydrogens (tertiary/aromatic N) is 3. The van der Waals surface area contributed by atoms with Gasteiger partial charge >= 0.3 is 0 Å². The average molecular weight is 761 g/mol. The van der Waals surface area contributed by atoms with Crippen LogP contribution < -0.4 is 20.7 Å². The van der Waals surface area contributed by atoms with Gasteiger partial charge in [-0.3, -0.25) is 19.3 Å². The molecule has 0 spiro atoms. The summed E-state index contributed by atoms with van der Waals surface area (Å²) in [7, 11) is -4.08. The van der Waals surface area contributed by atoms with Crippen LogP contribution in [0.2, 0.25) is 0 Å². The molecule has 2 saturated heterocycles. The Morgan fingerprint density at radius 1 is 0.906 bits per heavy atom. The van der Waals surface area contributed by atoms with Gasteiger partial charge in [-0.25, -0.2) is 4.98 Å². The van der Waals surface area contributed by atoms with Crippen LogP contribution in [0, 0.1) is 5.92 Å². The number of hydrogen-bond donors (Lipinski definition) is 6. The lowest BCUT2D eigenvalue weighted by Crippen LogP contribution is -2.59. The maximum atomic E-state index is 14.2. The van der Waals surface area contributed by atoms with Crippen LogP contribution in [0.15, 0.2) is 42.9 Å². The number of H-pyrrole nitrogens is 1. The van der Waals surface area contributed by atoms with E-state index in [1.807, 2.05) is 6.07 Å². The van der Waals surface area contributed by atoms with Crippen LogP contribution >= 0.6 is 0 Å². The fourth-order valence-corrected chi connectivity index (χ4v) is 8.47. The summed E-state index contributed by atoms with van der Waals surface area (Å²) in [6.45, 7) is 4.82. The molecule has 1 saturated carbocycles. The third-order valence-electron chi connectivity index (χ3n) is 10.2. The summed E-state index contributed by atoms with van der Waals surface area (Å²) in [5.74, 6) is -1.30. The molecule has 294 valence electrons. The van der Waals surface area contributed by atoms with E-state index in [1.165, 1.54) is 10.6 Å². The molecule has 1 aliphatic carbocycles. The highest BCUT2D eigenvalue weighted by Gasteiger charge is 2.35. The normalized spacial score (nSPS) is 20.2. The number of aromatic amines is 1. The minimum atomic E-state index is -4.08. The zero-order valence-corrected chi connectivity index (χ0v) is 31.2. The number of imidazole rings is 1. The minimum absolute atomic E-state index is 0.0279. The molecule has 1 aromatic heterocycles. The van der Waals surface area contributed by atoms with Gasteiger partial charge in [-0.15, -0.1) is 0 Å². The van der Waals surface area contributed by atoms with Crippen molar-refractivity contribution < 1.29 is 37.4 Å². The van der Waals surface area contributed by atoms with Crippen LogP contribution in [0.1, 0.15) is 56.2 Å². The Labute approximate surface area is 312 Å². The number of morpholine rings is 2. The van der Waals surface area contributed by atoms with Gasteiger partial charge in [-0.05, 0) is 24.3 Å². The Morgan fingerprint density at radius 3 is 2.26 bits per heavy atom. The summed E-state index contributed by atoms with van der Waals surface area (Å²) in [6, 6.07) is 5.88. The first-order valence-corrected chi connectivity index (χ1v) is 20.3. The lowest BCUT2D eigenvalue weighted by Gasteiger charge is -2.32. The van der Waals surface area contributed by atoms with Gasteiger partial charge in [0.15, 0.2) is 0 Å². The van der Waals surface area contributed by atoms with E-state index in [2.05, 4.69) is 35.5 Å². The van der Waals surface area contributed by atoms with Gasteiger partial charge in [0.05, 0.1) is 51.3 Å². The van der Waals surface area contributed by atoms with Crippen LogP contribution in [0.25, 0.3) is 0 Å². The van der Waals surface area contributed by atoms with Crippen LogP contribution in [-0.4, -0.2) is 140 Å². The molecule has 2 aliphatic heterocycles. The molecule has 3 aliphatic rings. The van der Waals surface area contributed by atoms with Crippen molar-refractivity contribution in [3.63, 3.8) is 0 Å². The number of aliphatic hydroxyl groups excluding tert-OH is 1. The molecule has 2 aromatic rings. The van der Waals surface area contributed by atoms with E-state index >= 15 is 0 Å².